The minimum absolute atomic E-state index is 0.132. The predicted molar refractivity (Wildman–Crippen MR) is 131 cm³/mol. The molecule has 2 aromatic carbocycles. The van der Waals surface area contributed by atoms with Gasteiger partial charge in [0, 0.05) is 12.1 Å². The number of halogens is 4. The highest BCUT2D eigenvalue weighted by Gasteiger charge is 2.10. The van der Waals surface area contributed by atoms with E-state index in [0.717, 1.165) is 18.4 Å². The molecule has 31 heavy (non-hydrogen) atoms. The minimum atomic E-state index is 0.132. The summed E-state index contributed by atoms with van der Waals surface area (Å²) in [5.41, 5.74) is 2.31. The Kier molecular flexibility index (Phi) is 11.4. The Morgan fingerprint density at radius 2 is 1.61 bits per heavy atom. The van der Waals surface area contributed by atoms with Gasteiger partial charge in [-0.1, -0.05) is 89.7 Å². The van der Waals surface area contributed by atoms with E-state index < -0.39 is 0 Å². The monoisotopic (exact) mass is 503 g/mol. The van der Waals surface area contributed by atoms with Crippen molar-refractivity contribution in [3.8, 4) is 11.5 Å². The van der Waals surface area contributed by atoms with E-state index in [4.69, 9.17) is 60.7 Å². The van der Waals surface area contributed by atoms with E-state index in [1.165, 1.54) is 11.6 Å². The van der Waals surface area contributed by atoms with Gasteiger partial charge in [-0.2, -0.15) is 0 Å². The molecule has 8 heteroatoms. The molecule has 0 aromatic heterocycles. The van der Waals surface area contributed by atoms with Crippen LogP contribution in [0.2, 0.25) is 10.0 Å². The van der Waals surface area contributed by atoms with Crippen LogP contribution in [0.25, 0.3) is 0 Å². The molecule has 0 aliphatic heterocycles. The fourth-order valence-electron chi connectivity index (χ4n) is 2.52. The van der Waals surface area contributed by atoms with Crippen molar-refractivity contribution in [3.05, 3.63) is 68.1 Å². The van der Waals surface area contributed by atoms with Gasteiger partial charge in [-0.05, 0) is 36.0 Å². The zero-order valence-electron chi connectivity index (χ0n) is 17.4. The van der Waals surface area contributed by atoms with Gasteiger partial charge in [-0.3, -0.25) is 0 Å². The molecule has 0 saturated carbocycles. The molecule has 2 rings (SSSR count). The number of ether oxygens (including phenoxy) is 2. The van der Waals surface area contributed by atoms with E-state index in [9.17, 15) is 0 Å². The average molecular weight is 505 g/mol. The largest absolute Gasteiger partial charge is 0.490 e. The van der Waals surface area contributed by atoms with Crippen molar-refractivity contribution in [2.24, 2.45) is 5.16 Å². The maximum Gasteiger partial charge on any atom is 0.156 e. The fraction of sp³-hybridized carbons (Fsp3) is 0.348. The van der Waals surface area contributed by atoms with Gasteiger partial charge in [-0.25, -0.2) is 0 Å². The summed E-state index contributed by atoms with van der Waals surface area (Å²) in [6.07, 6.45) is 4.78. The van der Waals surface area contributed by atoms with Crippen LogP contribution in [0.15, 0.2) is 52.1 Å². The standard InChI is InChI=1S/C23H25Cl4NO3/c1-16(2)18-7-5-17(6-8-18)15-28-31-11-4-3-10-30-23-20(24)13-19(14-21(23)25)29-12-9-22(26)27/h5-9,13-16H,3-4,10-12H2,1-2H3/b28-15+. The molecule has 0 fully saturated rings. The number of oxime groups is 1. The van der Waals surface area contributed by atoms with Crippen molar-refractivity contribution in [3.63, 3.8) is 0 Å². The lowest BCUT2D eigenvalue weighted by Gasteiger charge is -2.12. The lowest BCUT2D eigenvalue weighted by atomic mass is 10.0. The molecule has 0 aliphatic carbocycles. The molecule has 0 N–H and O–H groups in total. The molecular weight excluding hydrogens is 480 g/mol. The summed E-state index contributed by atoms with van der Waals surface area (Å²) < 4.78 is 11.3. The van der Waals surface area contributed by atoms with E-state index in [1.54, 1.807) is 18.3 Å². The number of benzene rings is 2. The zero-order valence-corrected chi connectivity index (χ0v) is 20.4. The molecule has 168 valence electrons. The second kappa shape index (κ2) is 13.7. The van der Waals surface area contributed by atoms with E-state index in [2.05, 4.69) is 31.1 Å². The molecule has 0 aliphatic rings. The third-order valence-corrected chi connectivity index (χ3v) is 5.09. The predicted octanol–water partition coefficient (Wildman–Crippen LogP) is 8.02. The van der Waals surface area contributed by atoms with Gasteiger partial charge in [0.2, 0.25) is 0 Å². The van der Waals surface area contributed by atoms with Crippen molar-refractivity contribution < 1.29 is 14.3 Å². The lowest BCUT2D eigenvalue weighted by Crippen LogP contribution is -2.01. The van der Waals surface area contributed by atoms with Crippen LogP contribution in [0.5, 0.6) is 11.5 Å². The van der Waals surface area contributed by atoms with Crippen LogP contribution in [0.4, 0.5) is 0 Å². The van der Waals surface area contributed by atoms with Crippen molar-refractivity contribution in [2.45, 2.75) is 32.6 Å². The summed E-state index contributed by atoms with van der Waals surface area (Å²) in [6.45, 7) is 5.49. The average Bonchev–Trinajstić information content (AvgIpc) is 2.71. The van der Waals surface area contributed by atoms with Crippen LogP contribution >= 0.6 is 46.4 Å². The SMILES string of the molecule is CC(C)c1ccc(/C=N/OCCCCOc2c(Cl)cc(OCC=C(Cl)Cl)cc2Cl)cc1. The van der Waals surface area contributed by atoms with Crippen LogP contribution in [-0.4, -0.2) is 26.0 Å². The first kappa shape index (κ1) is 25.7. The van der Waals surface area contributed by atoms with Gasteiger partial charge in [-0.15, -0.1) is 0 Å². The first-order chi connectivity index (χ1) is 14.9. The van der Waals surface area contributed by atoms with Crippen molar-refractivity contribution in [2.75, 3.05) is 19.8 Å². The summed E-state index contributed by atoms with van der Waals surface area (Å²) in [5.74, 6) is 1.43. The second-order valence-electron chi connectivity index (χ2n) is 6.97. The normalized spacial score (nSPS) is 11.1. The summed E-state index contributed by atoms with van der Waals surface area (Å²) >= 11 is 23.6. The van der Waals surface area contributed by atoms with Gasteiger partial charge >= 0.3 is 0 Å². The molecule has 0 radical (unpaired) electrons. The van der Waals surface area contributed by atoms with Crippen molar-refractivity contribution >= 4 is 52.6 Å². The summed E-state index contributed by atoms with van der Waals surface area (Å²) in [5, 5.41) is 4.74. The lowest BCUT2D eigenvalue weighted by molar-refractivity contribution is 0.137. The van der Waals surface area contributed by atoms with E-state index in [-0.39, 0.29) is 11.1 Å². The Hall–Kier alpha value is -1.59. The van der Waals surface area contributed by atoms with E-state index >= 15 is 0 Å². The van der Waals surface area contributed by atoms with Crippen LogP contribution in [-0.2, 0) is 4.84 Å². The highest BCUT2D eigenvalue weighted by Crippen LogP contribution is 2.37. The molecule has 0 bridgehead atoms. The number of hydrogen-bond donors (Lipinski definition) is 0. The quantitative estimate of drug-likeness (QED) is 0.167. The Bertz CT molecular complexity index is 856. The smallest absolute Gasteiger partial charge is 0.156 e. The molecule has 0 amide bonds. The molecule has 0 unspecified atom stereocenters. The number of hydrogen-bond acceptors (Lipinski definition) is 4. The molecular formula is C23H25Cl4NO3. The number of rotatable bonds is 12. The third kappa shape index (κ3) is 9.61. The van der Waals surface area contributed by atoms with Gasteiger partial charge in [0.25, 0.3) is 0 Å². The number of nitrogens with zero attached hydrogens (tertiary/aromatic N) is 1. The highest BCUT2D eigenvalue weighted by molar-refractivity contribution is 6.55. The van der Waals surface area contributed by atoms with Gasteiger partial charge in [0.05, 0.1) is 22.9 Å². The third-order valence-electron chi connectivity index (χ3n) is 4.22. The van der Waals surface area contributed by atoms with Crippen LogP contribution in [0.1, 0.15) is 43.7 Å². The molecule has 4 nitrogen and oxygen atoms in total. The van der Waals surface area contributed by atoms with Crippen molar-refractivity contribution in [1.82, 2.24) is 0 Å². The van der Waals surface area contributed by atoms with E-state index in [1.807, 2.05) is 12.1 Å². The molecule has 0 saturated heterocycles. The second-order valence-corrected chi connectivity index (χ2v) is 8.79. The Labute approximate surface area is 203 Å². The summed E-state index contributed by atoms with van der Waals surface area (Å²) in [7, 11) is 0. The highest BCUT2D eigenvalue weighted by atomic mass is 35.5. The maximum absolute atomic E-state index is 6.24. The molecule has 2 aromatic rings. The molecule has 0 atom stereocenters. The van der Waals surface area contributed by atoms with Crippen molar-refractivity contribution in [1.29, 1.82) is 0 Å². The summed E-state index contributed by atoms with van der Waals surface area (Å²) in [4.78, 5) is 5.31. The number of unbranched alkanes of at least 4 members (excludes halogenated alkanes) is 1. The zero-order chi connectivity index (χ0) is 22.6. The Morgan fingerprint density at radius 1 is 0.968 bits per heavy atom. The van der Waals surface area contributed by atoms with Gasteiger partial charge in [0.15, 0.2) is 5.75 Å². The Balaban J connectivity index is 1.67. The van der Waals surface area contributed by atoms with Crippen LogP contribution < -0.4 is 9.47 Å². The minimum Gasteiger partial charge on any atom is -0.490 e. The summed E-state index contributed by atoms with van der Waals surface area (Å²) in [6, 6.07) is 11.5. The van der Waals surface area contributed by atoms with Gasteiger partial charge in [0.1, 0.15) is 23.5 Å². The first-order valence-corrected chi connectivity index (χ1v) is 11.4. The molecule has 0 spiro atoms. The van der Waals surface area contributed by atoms with Crippen LogP contribution in [0, 0.1) is 0 Å². The Morgan fingerprint density at radius 3 is 2.23 bits per heavy atom. The van der Waals surface area contributed by atoms with E-state index in [0.29, 0.717) is 40.7 Å². The maximum atomic E-state index is 6.24. The first-order valence-electron chi connectivity index (χ1n) is 9.88. The molecule has 0 heterocycles. The van der Waals surface area contributed by atoms with Crippen LogP contribution in [0.3, 0.4) is 0 Å². The fourth-order valence-corrected chi connectivity index (χ4v) is 3.22. The van der Waals surface area contributed by atoms with Gasteiger partial charge < -0.3 is 14.3 Å². The topological polar surface area (TPSA) is 40.0 Å².